The van der Waals surface area contributed by atoms with Crippen molar-refractivity contribution in [2.24, 2.45) is 5.10 Å². The Hall–Kier alpha value is -3.84. The van der Waals surface area contributed by atoms with Crippen molar-refractivity contribution in [1.82, 2.24) is 4.98 Å². The molecule has 1 heterocycles. The van der Waals surface area contributed by atoms with Gasteiger partial charge in [-0.2, -0.15) is 5.10 Å². The molecule has 1 N–H and O–H groups in total. The molecule has 29 heavy (non-hydrogen) atoms. The van der Waals surface area contributed by atoms with Gasteiger partial charge in [0.05, 0.1) is 16.8 Å². The standard InChI is InChI=1S/C22H16N4O2S/c27-26(28)19-11-6-10-17(13-19)20-12-5-4-9-18(20)14-23-25-22-24-21(15-29-22)16-7-2-1-3-8-16/h1-15H,(H,24,25). The van der Waals surface area contributed by atoms with E-state index in [1.54, 1.807) is 18.3 Å². The molecule has 0 spiro atoms. The summed E-state index contributed by atoms with van der Waals surface area (Å²) in [4.78, 5) is 15.2. The van der Waals surface area contributed by atoms with Crippen molar-refractivity contribution in [3.05, 3.63) is 99.9 Å². The highest BCUT2D eigenvalue weighted by Crippen LogP contribution is 2.27. The zero-order valence-corrected chi connectivity index (χ0v) is 16.0. The molecule has 0 radical (unpaired) electrons. The van der Waals surface area contributed by atoms with Crippen molar-refractivity contribution >= 4 is 28.4 Å². The first kappa shape index (κ1) is 18.5. The first-order valence-corrected chi connectivity index (χ1v) is 9.72. The van der Waals surface area contributed by atoms with Crippen LogP contribution in [0.4, 0.5) is 10.8 Å². The lowest BCUT2D eigenvalue weighted by Gasteiger charge is -2.06. The number of anilines is 1. The van der Waals surface area contributed by atoms with E-state index in [0.29, 0.717) is 5.13 Å². The Balaban J connectivity index is 1.54. The summed E-state index contributed by atoms with van der Waals surface area (Å²) < 4.78 is 0. The van der Waals surface area contributed by atoms with E-state index in [2.05, 4.69) is 15.5 Å². The maximum absolute atomic E-state index is 11.1. The number of rotatable bonds is 6. The smallest absolute Gasteiger partial charge is 0.258 e. The van der Waals surface area contributed by atoms with Crippen molar-refractivity contribution in [3.63, 3.8) is 0 Å². The zero-order valence-electron chi connectivity index (χ0n) is 15.2. The molecule has 142 valence electrons. The molecule has 0 bridgehead atoms. The van der Waals surface area contributed by atoms with E-state index < -0.39 is 4.92 Å². The third kappa shape index (κ3) is 4.36. The average molecular weight is 400 g/mol. The Labute approximate surface area is 171 Å². The van der Waals surface area contributed by atoms with E-state index in [9.17, 15) is 10.1 Å². The van der Waals surface area contributed by atoms with Crippen LogP contribution in [-0.2, 0) is 0 Å². The van der Waals surface area contributed by atoms with E-state index in [1.165, 1.54) is 17.4 Å². The summed E-state index contributed by atoms with van der Waals surface area (Å²) in [5.41, 5.74) is 7.45. The van der Waals surface area contributed by atoms with Gasteiger partial charge in [0, 0.05) is 28.6 Å². The second kappa shape index (κ2) is 8.45. The topological polar surface area (TPSA) is 80.4 Å². The zero-order chi connectivity index (χ0) is 20.1. The average Bonchev–Trinajstić information content (AvgIpc) is 3.24. The van der Waals surface area contributed by atoms with Crippen LogP contribution in [0.2, 0.25) is 0 Å². The van der Waals surface area contributed by atoms with Gasteiger partial charge in [0.25, 0.3) is 5.69 Å². The van der Waals surface area contributed by atoms with Crippen LogP contribution in [0.3, 0.4) is 0 Å². The molecule has 0 aliphatic heterocycles. The fourth-order valence-electron chi connectivity index (χ4n) is 2.88. The largest absolute Gasteiger partial charge is 0.270 e. The number of nitro benzene ring substituents is 1. The van der Waals surface area contributed by atoms with Gasteiger partial charge in [-0.1, -0.05) is 66.7 Å². The molecule has 0 atom stereocenters. The molecule has 0 fully saturated rings. The third-order valence-corrected chi connectivity index (χ3v) is 5.01. The molecule has 0 saturated heterocycles. The number of nitrogens with zero attached hydrogens (tertiary/aromatic N) is 3. The van der Waals surface area contributed by atoms with E-state index in [4.69, 9.17) is 0 Å². The number of nitrogens with one attached hydrogen (secondary N) is 1. The van der Waals surface area contributed by atoms with Crippen molar-refractivity contribution in [1.29, 1.82) is 0 Å². The molecule has 0 aliphatic rings. The first-order valence-electron chi connectivity index (χ1n) is 8.84. The maximum atomic E-state index is 11.1. The van der Waals surface area contributed by atoms with Gasteiger partial charge >= 0.3 is 0 Å². The minimum atomic E-state index is -0.394. The fraction of sp³-hybridized carbons (Fsp3) is 0. The first-order chi connectivity index (χ1) is 14.2. The number of aromatic nitrogens is 1. The van der Waals surface area contributed by atoms with Gasteiger partial charge in [0.1, 0.15) is 0 Å². The Morgan fingerprint density at radius 2 is 1.72 bits per heavy atom. The Morgan fingerprint density at radius 3 is 2.55 bits per heavy atom. The molecule has 0 saturated carbocycles. The van der Waals surface area contributed by atoms with Gasteiger partial charge in [-0.25, -0.2) is 4.98 Å². The second-order valence-electron chi connectivity index (χ2n) is 6.17. The molecular formula is C22H16N4O2S. The van der Waals surface area contributed by atoms with Crippen LogP contribution in [-0.4, -0.2) is 16.1 Å². The van der Waals surface area contributed by atoms with Gasteiger partial charge in [-0.15, -0.1) is 11.3 Å². The molecule has 0 unspecified atom stereocenters. The van der Waals surface area contributed by atoms with Crippen LogP contribution in [0.5, 0.6) is 0 Å². The predicted octanol–water partition coefficient (Wildman–Crippen LogP) is 5.83. The number of thiazole rings is 1. The van der Waals surface area contributed by atoms with Gasteiger partial charge in [-0.05, 0) is 11.1 Å². The monoisotopic (exact) mass is 400 g/mol. The SMILES string of the molecule is O=[N+]([O-])c1cccc(-c2ccccc2C=NNc2nc(-c3ccccc3)cs2)c1. The van der Waals surface area contributed by atoms with Crippen LogP contribution in [0.1, 0.15) is 5.56 Å². The molecule has 7 heteroatoms. The van der Waals surface area contributed by atoms with Gasteiger partial charge in [0.2, 0.25) is 5.13 Å². The van der Waals surface area contributed by atoms with Crippen molar-refractivity contribution in [2.45, 2.75) is 0 Å². The van der Waals surface area contributed by atoms with E-state index >= 15 is 0 Å². The van der Waals surface area contributed by atoms with Crippen LogP contribution < -0.4 is 5.43 Å². The van der Waals surface area contributed by atoms with Crippen molar-refractivity contribution in [2.75, 3.05) is 5.43 Å². The summed E-state index contributed by atoms with van der Waals surface area (Å²) in [6.45, 7) is 0. The quantitative estimate of drug-likeness (QED) is 0.251. The summed E-state index contributed by atoms with van der Waals surface area (Å²) in [5.74, 6) is 0. The Kier molecular flexibility index (Phi) is 5.40. The Morgan fingerprint density at radius 1 is 0.966 bits per heavy atom. The summed E-state index contributed by atoms with van der Waals surface area (Å²) in [6.07, 6.45) is 1.69. The summed E-state index contributed by atoms with van der Waals surface area (Å²) >= 11 is 1.47. The van der Waals surface area contributed by atoms with Crippen LogP contribution in [0, 0.1) is 10.1 Å². The number of hydrogen-bond acceptors (Lipinski definition) is 6. The number of nitro groups is 1. The van der Waals surface area contributed by atoms with E-state index in [1.807, 2.05) is 66.0 Å². The number of hydrogen-bond donors (Lipinski definition) is 1. The third-order valence-electron chi connectivity index (χ3n) is 4.27. The Bertz CT molecular complexity index is 1170. The van der Waals surface area contributed by atoms with Crippen LogP contribution >= 0.6 is 11.3 Å². The predicted molar refractivity (Wildman–Crippen MR) is 117 cm³/mol. The lowest BCUT2D eigenvalue weighted by Crippen LogP contribution is -1.93. The molecule has 4 aromatic rings. The lowest BCUT2D eigenvalue weighted by atomic mass is 10.00. The molecule has 3 aromatic carbocycles. The number of benzene rings is 3. The second-order valence-corrected chi connectivity index (χ2v) is 7.03. The molecular weight excluding hydrogens is 384 g/mol. The van der Waals surface area contributed by atoms with Gasteiger partial charge < -0.3 is 0 Å². The van der Waals surface area contributed by atoms with Gasteiger partial charge in [-0.3, -0.25) is 15.5 Å². The highest BCUT2D eigenvalue weighted by atomic mass is 32.1. The van der Waals surface area contributed by atoms with Crippen LogP contribution in [0.15, 0.2) is 89.3 Å². The lowest BCUT2D eigenvalue weighted by molar-refractivity contribution is -0.384. The van der Waals surface area contributed by atoms with Crippen LogP contribution in [0.25, 0.3) is 22.4 Å². The fourth-order valence-corrected chi connectivity index (χ4v) is 3.55. The minimum Gasteiger partial charge on any atom is -0.258 e. The van der Waals surface area contributed by atoms with Crippen molar-refractivity contribution < 1.29 is 4.92 Å². The highest BCUT2D eigenvalue weighted by Gasteiger charge is 2.09. The molecule has 0 aliphatic carbocycles. The maximum Gasteiger partial charge on any atom is 0.270 e. The minimum absolute atomic E-state index is 0.0589. The molecule has 1 aromatic heterocycles. The molecule has 0 amide bonds. The molecule has 6 nitrogen and oxygen atoms in total. The van der Waals surface area contributed by atoms with Crippen molar-refractivity contribution in [3.8, 4) is 22.4 Å². The van der Waals surface area contributed by atoms with E-state index in [-0.39, 0.29) is 5.69 Å². The van der Waals surface area contributed by atoms with Gasteiger partial charge in [0.15, 0.2) is 0 Å². The number of non-ortho nitro benzene ring substituents is 1. The number of hydrazone groups is 1. The summed E-state index contributed by atoms with van der Waals surface area (Å²) in [6, 6.07) is 24.1. The highest BCUT2D eigenvalue weighted by molar-refractivity contribution is 7.14. The normalized spacial score (nSPS) is 10.9. The summed E-state index contributed by atoms with van der Waals surface area (Å²) in [5, 5.41) is 18.0. The van der Waals surface area contributed by atoms with E-state index in [0.717, 1.165) is 27.9 Å². The molecule has 4 rings (SSSR count). The summed E-state index contributed by atoms with van der Waals surface area (Å²) in [7, 11) is 0.